The fourth-order valence-electron chi connectivity index (χ4n) is 3.37. The summed E-state index contributed by atoms with van der Waals surface area (Å²) in [6, 6.07) is 13.4. The smallest absolute Gasteiger partial charge is 0.410 e. The van der Waals surface area contributed by atoms with Gasteiger partial charge >= 0.3 is 12.2 Å². The van der Waals surface area contributed by atoms with Gasteiger partial charge in [-0.2, -0.15) is 0 Å². The number of fused-ring (bicyclic) bond motifs is 1. The Morgan fingerprint density at radius 2 is 1.97 bits per heavy atom. The number of halogens is 1. The first-order valence-corrected chi connectivity index (χ1v) is 10.5. The fraction of sp³-hybridized carbons (Fsp3) is 0.364. The van der Waals surface area contributed by atoms with Crippen LogP contribution in [0.2, 0.25) is 0 Å². The third-order valence-corrected chi connectivity index (χ3v) is 5.34. The standard InChI is InChI=1S/C22H26BrN3O4/c1-22(2,3)30-21(29)26-13-15-10-17(23)19(25-20(27)28)11-18(15)24-12-16(26)9-14-7-5-4-6-8-14/h4-8,10-11,16,24-25H,9,12-13H2,1-3H3,(H,27,28). The van der Waals surface area contributed by atoms with E-state index in [0.717, 1.165) is 16.8 Å². The molecule has 0 saturated heterocycles. The van der Waals surface area contributed by atoms with Crippen molar-refractivity contribution in [1.29, 1.82) is 0 Å². The van der Waals surface area contributed by atoms with Gasteiger partial charge in [-0.1, -0.05) is 30.3 Å². The highest BCUT2D eigenvalue weighted by atomic mass is 79.9. The van der Waals surface area contributed by atoms with Crippen LogP contribution in [0.1, 0.15) is 31.9 Å². The van der Waals surface area contributed by atoms with Crippen LogP contribution in [0.4, 0.5) is 21.0 Å². The van der Waals surface area contributed by atoms with Crippen molar-refractivity contribution in [2.45, 2.75) is 45.4 Å². The summed E-state index contributed by atoms with van der Waals surface area (Å²) in [6.45, 7) is 6.40. The molecule has 0 radical (unpaired) electrons. The number of carbonyl (C=O) groups excluding carboxylic acids is 1. The van der Waals surface area contributed by atoms with Crippen molar-refractivity contribution < 1.29 is 19.4 Å². The van der Waals surface area contributed by atoms with Crippen molar-refractivity contribution in [3.05, 3.63) is 58.1 Å². The molecule has 2 aromatic carbocycles. The topological polar surface area (TPSA) is 90.9 Å². The molecule has 2 amide bonds. The third-order valence-electron chi connectivity index (χ3n) is 4.69. The molecule has 0 fully saturated rings. The number of hydrogen-bond donors (Lipinski definition) is 3. The van der Waals surface area contributed by atoms with Crippen molar-refractivity contribution in [1.82, 2.24) is 4.90 Å². The Hall–Kier alpha value is -2.74. The highest BCUT2D eigenvalue weighted by molar-refractivity contribution is 9.10. The summed E-state index contributed by atoms with van der Waals surface area (Å²) in [5.41, 5.74) is 2.62. The van der Waals surface area contributed by atoms with Crippen molar-refractivity contribution in [2.75, 3.05) is 17.2 Å². The molecule has 0 bridgehead atoms. The fourth-order valence-corrected chi connectivity index (χ4v) is 3.86. The molecule has 2 aromatic rings. The van der Waals surface area contributed by atoms with Gasteiger partial charge in [-0.15, -0.1) is 0 Å². The molecule has 0 saturated carbocycles. The highest BCUT2D eigenvalue weighted by Crippen LogP contribution is 2.33. The van der Waals surface area contributed by atoms with Crippen LogP contribution < -0.4 is 10.6 Å². The average molecular weight is 476 g/mol. The van der Waals surface area contributed by atoms with Crippen molar-refractivity contribution in [3.8, 4) is 0 Å². The lowest BCUT2D eigenvalue weighted by Crippen LogP contribution is -2.45. The van der Waals surface area contributed by atoms with E-state index in [4.69, 9.17) is 9.84 Å². The molecule has 0 spiro atoms. The normalized spacial score (nSPS) is 16.1. The van der Waals surface area contributed by atoms with E-state index in [2.05, 4.69) is 26.6 Å². The zero-order valence-electron chi connectivity index (χ0n) is 17.2. The van der Waals surface area contributed by atoms with E-state index in [1.165, 1.54) is 0 Å². The lowest BCUT2D eigenvalue weighted by atomic mass is 10.0. The van der Waals surface area contributed by atoms with Crippen LogP contribution in [-0.4, -0.2) is 40.4 Å². The number of anilines is 2. The number of hydrogen-bond acceptors (Lipinski definition) is 4. The van der Waals surface area contributed by atoms with Crippen LogP contribution in [0.25, 0.3) is 0 Å². The Morgan fingerprint density at radius 3 is 2.60 bits per heavy atom. The molecular weight excluding hydrogens is 450 g/mol. The number of carbonyl (C=O) groups is 2. The first-order valence-electron chi connectivity index (χ1n) is 9.72. The van der Waals surface area contributed by atoms with Crippen LogP contribution in [0.3, 0.4) is 0 Å². The van der Waals surface area contributed by atoms with Gasteiger partial charge in [0.2, 0.25) is 0 Å². The zero-order valence-corrected chi connectivity index (χ0v) is 18.8. The van der Waals surface area contributed by atoms with E-state index < -0.39 is 11.7 Å². The SMILES string of the molecule is CC(C)(C)OC(=O)N1Cc2cc(Br)c(NC(=O)O)cc2NCC1Cc1ccccc1. The number of nitrogens with one attached hydrogen (secondary N) is 2. The molecule has 160 valence electrons. The van der Waals surface area contributed by atoms with Crippen LogP contribution in [0.15, 0.2) is 46.9 Å². The van der Waals surface area contributed by atoms with Gasteiger partial charge in [-0.05, 0) is 66.4 Å². The number of rotatable bonds is 3. The number of amides is 2. The van der Waals surface area contributed by atoms with E-state index in [0.29, 0.717) is 29.7 Å². The van der Waals surface area contributed by atoms with Crippen LogP contribution in [0.5, 0.6) is 0 Å². The Kier molecular flexibility index (Phi) is 6.55. The van der Waals surface area contributed by atoms with Gasteiger partial charge in [0.25, 0.3) is 0 Å². The lowest BCUT2D eigenvalue weighted by Gasteiger charge is -2.32. The van der Waals surface area contributed by atoms with Gasteiger partial charge in [0.1, 0.15) is 5.60 Å². The van der Waals surface area contributed by atoms with Gasteiger partial charge in [-0.3, -0.25) is 10.2 Å². The lowest BCUT2D eigenvalue weighted by molar-refractivity contribution is 0.0156. The van der Waals surface area contributed by atoms with Gasteiger partial charge in [0, 0.05) is 16.7 Å². The largest absolute Gasteiger partial charge is 0.465 e. The summed E-state index contributed by atoms with van der Waals surface area (Å²) >= 11 is 3.42. The maximum absolute atomic E-state index is 13.0. The van der Waals surface area contributed by atoms with E-state index in [1.807, 2.05) is 57.2 Å². The average Bonchev–Trinajstić information content (AvgIpc) is 2.81. The Balaban J connectivity index is 1.93. The van der Waals surface area contributed by atoms with Gasteiger partial charge < -0.3 is 15.2 Å². The minimum Gasteiger partial charge on any atom is -0.465 e. The van der Waals surface area contributed by atoms with Gasteiger partial charge in [0.15, 0.2) is 0 Å². The summed E-state index contributed by atoms with van der Waals surface area (Å²) < 4.78 is 6.29. The van der Waals surface area contributed by atoms with Crippen LogP contribution in [0, 0.1) is 0 Å². The van der Waals surface area contributed by atoms with Gasteiger partial charge in [0.05, 0.1) is 18.3 Å². The maximum Gasteiger partial charge on any atom is 0.410 e. The van der Waals surface area contributed by atoms with Crippen LogP contribution >= 0.6 is 15.9 Å². The van der Waals surface area contributed by atoms with E-state index in [-0.39, 0.29) is 12.1 Å². The molecule has 3 N–H and O–H groups in total. The van der Waals surface area contributed by atoms with Crippen molar-refractivity contribution in [3.63, 3.8) is 0 Å². The number of ether oxygens (including phenoxy) is 1. The summed E-state index contributed by atoms with van der Waals surface area (Å²) in [5, 5.41) is 14.8. The maximum atomic E-state index is 13.0. The molecule has 1 aliphatic rings. The van der Waals surface area contributed by atoms with E-state index in [1.54, 1.807) is 11.0 Å². The summed E-state index contributed by atoms with van der Waals surface area (Å²) in [6.07, 6.45) is -0.841. The predicted molar refractivity (Wildman–Crippen MR) is 120 cm³/mol. The van der Waals surface area contributed by atoms with Crippen molar-refractivity contribution in [2.24, 2.45) is 0 Å². The predicted octanol–water partition coefficient (Wildman–Crippen LogP) is 5.31. The number of nitrogens with zero attached hydrogens (tertiary/aromatic N) is 1. The Bertz CT molecular complexity index is 928. The molecule has 3 rings (SSSR count). The Labute approximate surface area is 184 Å². The van der Waals surface area contributed by atoms with Gasteiger partial charge in [-0.25, -0.2) is 9.59 Å². The molecule has 8 heteroatoms. The number of benzene rings is 2. The summed E-state index contributed by atoms with van der Waals surface area (Å²) in [4.78, 5) is 25.9. The first kappa shape index (κ1) is 22.0. The second kappa shape index (κ2) is 8.95. The molecule has 1 unspecified atom stereocenters. The van der Waals surface area contributed by atoms with E-state index in [9.17, 15) is 9.59 Å². The highest BCUT2D eigenvalue weighted by Gasteiger charge is 2.31. The molecule has 1 heterocycles. The quantitative estimate of drug-likeness (QED) is 0.559. The third kappa shape index (κ3) is 5.66. The molecule has 1 atom stereocenters. The minimum atomic E-state index is -1.14. The summed E-state index contributed by atoms with van der Waals surface area (Å²) in [5.74, 6) is 0. The molecule has 1 aliphatic heterocycles. The summed E-state index contributed by atoms with van der Waals surface area (Å²) in [7, 11) is 0. The molecule has 0 aromatic heterocycles. The van der Waals surface area contributed by atoms with Crippen molar-refractivity contribution >= 4 is 39.5 Å². The number of carboxylic acid groups (broad SMARTS) is 1. The molecule has 30 heavy (non-hydrogen) atoms. The monoisotopic (exact) mass is 475 g/mol. The molecule has 0 aliphatic carbocycles. The Morgan fingerprint density at radius 1 is 1.27 bits per heavy atom. The second-order valence-corrected chi connectivity index (χ2v) is 9.11. The zero-order chi connectivity index (χ0) is 21.9. The van der Waals surface area contributed by atoms with Crippen LogP contribution in [-0.2, 0) is 17.7 Å². The molecular formula is C22H26BrN3O4. The minimum absolute atomic E-state index is 0.135. The first-order chi connectivity index (χ1) is 14.1. The van der Waals surface area contributed by atoms with E-state index >= 15 is 0 Å². The second-order valence-electron chi connectivity index (χ2n) is 8.25. The molecule has 7 nitrogen and oxygen atoms in total.